The number of nitrogens with zero attached hydrogens (tertiary/aromatic N) is 4. The van der Waals surface area contributed by atoms with Gasteiger partial charge in [0.2, 0.25) is 17.8 Å². The number of benzene rings is 2. The van der Waals surface area contributed by atoms with Crippen molar-refractivity contribution in [3.63, 3.8) is 0 Å². The van der Waals surface area contributed by atoms with E-state index in [0.717, 1.165) is 63.0 Å². The first-order valence-corrected chi connectivity index (χ1v) is 15.3. The van der Waals surface area contributed by atoms with E-state index in [4.69, 9.17) is 9.97 Å². The lowest BCUT2D eigenvalue weighted by molar-refractivity contribution is 0.407. The summed E-state index contributed by atoms with van der Waals surface area (Å²) in [4.78, 5) is 16.4. The molecule has 2 aromatic carbocycles. The topological polar surface area (TPSA) is 78.0 Å². The average molecular weight is 566 g/mol. The lowest BCUT2D eigenvalue weighted by Gasteiger charge is -2.33. The Balaban J connectivity index is 1.37. The molecule has 7 nitrogen and oxygen atoms in total. The van der Waals surface area contributed by atoms with Crippen molar-refractivity contribution in [2.45, 2.75) is 77.2 Å². The fourth-order valence-corrected chi connectivity index (χ4v) is 5.20. The maximum absolute atomic E-state index is 13.6. The molecule has 0 bridgehead atoms. The SMILES string of the molecule is CCCCCNc1nc(NCCCCC)nc(N2CCC(NCC(c3ccc(F)cc3)c3ccc(F)cc3)CC2)n1. The lowest BCUT2D eigenvalue weighted by atomic mass is 9.90. The zero-order valence-corrected chi connectivity index (χ0v) is 24.5. The van der Waals surface area contributed by atoms with E-state index < -0.39 is 0 Å². The van der Waals surface area contributed by atoms with Crippen LogP contribution in [0.15, 0.2) is 48.5 Å². The van der Waals surface area contributed by atoms with Crippen molar-refractivity contribution in [3.8, 4) is 0 Å². The molecule has 1 aliphatic rings. The molecular weight excluding hydrogens is 520 g/mol. The lowest BCUT2D eigenvalue weighted by Crippen LogP contribution is -2.44. The summed E-state index contributed by atoms with van der Waals surface area (Å²) in [7, 11) is 0. The number of rotatable bonds is 16. The molecule has 0 unspecified atom stereocenters. The maximum Gasteiger partial charge on any atom is 0.231 e. The molecule has 0 aliphatic carbocycles. The van der Waals surface area contributed by atoms with Crippen LogP contribution in [0.1, 0.15) is 82.3 Å². The smallest absolute Gasteiger partial charge is 0.231 e. The number of hydrogen-bond donors (Lipinski definition) is 3. The van der Waals surface area contributed by atoms with E-state index in [1.54, 1.807) is 0 Å². The normalized spacial score (nSPS) is 14.0. The second kappa shape index (κ2) is 16.2. The Hall–Kier alpha value is -3.33. The van der Waals surface area contributed by atoms with Gasteiger partial charge in [-0.05, 0) is 61.1 Å². The molecule has 3 N–H and O–H groups in total. The summed E-state index contributed by atoms with van der Waals surface area (Å²) in [5.74, 6) is 1.45. The Morgan fingerprint density at radius 3 is 1.68 bits per heavy atom. The van der Waals surface area contributed by atoms with Crippen LogP contribution in [0, 0.1) is 11.6 Å². The number of nitrogens with one attached hydrogen (secondary N) is 3. The molecule has 9 heteroatoms. The van der Waals surface area contributed by atoms with Gasteiger partial charge >= 0.3 is 0 Å². The number of anilines is 3. The molecule has 1 fully saturated rings. The summed E-state index contributed by atoms with van der Waals surface area (Å²) in [6.07, 6.45) is 8.77. The van der Waals surface area contributed by atoms with E-state index in [1.807, 2.05) is 24.3 Å². The van der Waals surface area contributed by atoms with E-state index in [2.05, 4.69) is 39.7 Å². The predicted octanol–water partition coefficient (Wildman–Crippen LogP) is 6.74. The highest BCUT2D eigenvalue weighted by atomic mass is 19.1. The molecule has 4 rings (SSSR count). The van der Waals surface area contributed by atoms with Crippen LogP contribution < -0.4 is 20.9 Å². The van der Waals surface area contributed by atoms with Gasteiger partial charge in [0.1, 0.15) is 11.6 Å². The monoisotopic (exact) mass is 565 g/mol. The van der Waals surface area contributed by atoms with Gasteiger partial charge in [0.05, 0.1) is 0 Å². The van der Waals surface area contributed by atoms with Crippen molar-refractivity contribution in [2.75, 3.05) is 48.3 Å². The summed E-state index contributed by atoms with van der Waals surface area (Å²) in [5.41, 5.74) is 2.01. The maximum atomic E-state index is 13.6. The van der Waals surface area contributed by atoms with Crippen LogP contribution in [0.3, 0.4) is 0 Å². The number of piperidine rings is 1. The number of unbranched alkanes of at least 4 members (excludes halogenated alkanes) is 4. The Labute approximate surface area is 243 Å². The predicted molar refractivity (Wildman–Crippen MR) is 164 cm³/mol. The molecule has 3 aromatic rings. The van der Waals surface area contributed by atoms with Gasteiger partial charge < -0.3 is 20.9 Å². The zero-order valence-electron chi connectivity index (χ0n) is 24.5. The Bertz CT molecular complexity index is 1090. The minimum Gasteiger partial charge on any atom is -0.354 e. The van der Waals surface area contributed by atoms with Crippen LogP contribution in [0.2, 0.25) is 0 Å². The Morgan fingerprint density at radius 1 is 0.732 bits per heavy atom. The standard InChI is InChI=1S/C32H45F2N7/c1-3-5-7-19-35-30-38-31(36-20-8-6-4-2)40-32(39-30)41-21-17-28(18-22-41)37-23-29(24-9-13-26(33)14-10-24)25-11-15-27(34)16-12-25/h9-16,28-29,37H,3-8,17-23H2,1-2H3,(H2,35,36,38,39,40). The molecule has 1 aromatic heterocycles. The van der Waals surface area contributed by atoms with Gasteiger partial charge in [0.25, 0.3) is 0 Å². The van der Waals surface area contributed by atoms with Crippen molar-refractivity contribution >= 4 is 17.8 Å². The quantitative estimate of drug-likeness (QED) is 0.166. The van der Waals surface area contributed by atoms with Crippen molar-refractivity contribution in [1.29, 1.82) is 0 Å². The first-order valence-electron chi connectivity index (χ1n) is 15.3. The summed E-state index contributed by atoms with van der Waals surface area (Å²) < 4.78 is 27.2. The van der Waals surface area contributed by atoms with Crippen molar-refractivity contribution in [3.05, 3.63) is 71.3 Å². The second-order valence-corrected chi connectivity index (χ2v) is 10.9. The third-order valence-electron chi connectivity index (χ3n) is 7.68. The summed E-state index contributed by atoms with van der Waals surface area (Å²) in [6.45, 7) is 8.45. The summed E-state index contributed by atoms with van der Waals surface area (Å²) in [5, 5.41) is 10.5. The van der Waals surface area contributed by atoms with E-state index in [-0.39, 0.29) is 17.6 Å². The largest absolute Gasteiger partial charge is 0.354 e. The van der Waals surface area contributed by atoms with Crippen LogP contribution >= 0.6 is 0 Å². The number of hydrogen-bond acceptors (Lipinski definition) is 7. The molecule has 0 amide bonds. The molecule has 0 atom stereocenters. The molecule has 222 valence electrons. The summed E-state index contributed by atoms with van der Waals surface area (Å²) >= 11 is 0. The molecule has 1 saturated heterocycles. The highest BCUT2D eigenvalue weighted by Crippen LogP contribution is 2.26. The molecule has 0 spiro atoms. The van der Waals surface area contributed by atoms with Gasteiger partial charge in [0.15, 0.2) is 0 Å². The van der Waals surface area contributed by atoms with Crippen LogP contribution in [-0.4, -0.2) is 53.7 Å². The number of halogens is 2. The van der Waals surface area contributed by atoms with Crippen LogP contribution in [0.4, 0.5) is 26.6 Å². The molecular formula is C32H45F2N7. The first kappa shape index (κ1) is 30.6. The highest BCUT2D eigenvalue weighted by molar-refractivity contribution is 5.44. The van der Waals surface area contributed by atoms with Gasteiger partial charge in [0, 0.05) is 44.7 Å². The van der Waals surface area contributed by atoms with Crippen LogP contribution in [-0.2, 0) is 0 Å². The van der Waals surface area contributed by atoms with E-state index in [1.165, 1.54) is 49.9 Å². The summed E-state index contributed by atoms with van der Waals surface area (Å²) in [6, 6.07) is 13.5. The van der Waals surface area contributed by atoms with Crippen molar-refractivity contribution in [1.82, 2.24) is 20.3 Å². The zero-order chi connectivity index (χ0) is 28.9. The fraction of sp³-hybridized carbons (Fsp3) is 0.531. The molecule has 1 aliphatic heterocycles. The Kier molecular flexibility index (Phi) is 12.1. The third-order valence-corrected chi connectivity index (χ3v) is 7.68. The van der Waals surface area contributed by atoms with Crippen LogP contribution in [0.25, 0.3) is 0 Å². The van der Waals surface area contributed by atoms with Gasteiger partial charge in [-0.15, -0.1) is 0 Å². The van der Waals surface area contributed by atoms with Gasteiger partial charge in [-0.3, -0.25) is 0 Å². The van der Waals surface area contributed by atoms with E-state index in [0.29, 0.717) is 30.4 Å². The minimum atomic E-state index is -0.260. The molecule has 0 radical (unpaired) electrons. The van der Waals surface area contributed by atoms with E-state index >= 15 is 0 Å². The molecule has 2 heterocycles. The third kappa shape index (κ3) is 9.63. The minimum absolute atomic E-state index is 0.000410. The molecule has 41 heavy (non-hydrogen) atoms. The fourth-order valence-electron chi connectivity index (χ4n) is 5.20. The number of aromatic nitrogens is 3. The van der Waals surface area contributed by atoms with Crippen molar-refractivity contribution in [2.24, 2.45) is 0 Å². The highest BCUT2D eigenvalue weighted by Gasteiger charge is 2.24. The van der Waals surface area contributed by atoms with E-state index in [9.17, 15) is 8.78 Å². The van der Waals surface area contributed by atoms with Gasteiger partial charge in [-0.2, -0.15) is 15.0 Å². The van der Waals surface area contributed by atoms with Crippen LogP contribution in [0.5, 0.6) is 0 Å². The molecule has 0 saturated carbocycles. The van der Waals surface area contributed by atoms with Crippen molar-refractivity contribution < 1.29 is 8.78 Å². The Morgan fingerprint density at radius 2 is 1.22 bits per heavy atom. The second-order valence-electron chi connectivity index (χ2n) is 10.9. The van der Waals surface area contributed by atoms with Gasteiger partial charge in [-0.25, -0.2) is 8.78 Å². The average Bonchev–Trinajstić information content (AvgIpc) is 2.99. The first-order chi connectivity index (χ1) is 20.1. The van der Waals surface area contributed by atoms with Gasteiger partial charge in [-0.1, -0.05) is 63.8 Å².